The van der Waals surface area contributed by atoms with Crippen molar-refractivity contribution in [2.75, 3.05) is 25.0 Å². The number of nitrogens with zero attached hydrogens (tertiary/aromatic N) is 1. The molecule has 0 aromatic heterocycles. The normalized spacial score (nSPS) is 23.6. The van der Waals surface area contributed by atoms with Crippen molar-refractivity contribution in [3.8, 4) is 0 Å². The monoisotopic (exact) mass is 231 g/mol. The zero-order valence-corrected chi connectivity index (χ0v) is 9.78. The molecule has 1 unspecified atom stereocenters. The Hall–Kier alpha value is -1.71. The molecule has 3 rings (SSSR count). The lowest BCUT2D eigenvalue weighted by Gasteiger charge is -2.38. The summed E-state index contributed by atoms with van der Waals surface area (Å²) in [7, 11) is 0. The van der Waals surface area contributed by atoms with Crippen LogP contribution in [0.25, 0.3) is 0 Å². The number of rotatable bonds is 1. The van der Waals surface area contributed by atoms with Crippen molar-refractivity contribution in [2.24, 2.45) is 0 Å². The molecule has 17 heavy (non-hydrogen) atoms. The summed E-state index contributed by atoms with van der Waals surface area (Å²) in [5.74, 6) is 0. The number of nitrogens with one attached hydrogen (secondary N) is 2. The van der Waals surface area contributed by atoms with E-state index < -0.39 is 0 Å². The molecule has 0 spiro atoms. The Morgan fingerprint density at radius 2 is 2.12 bits per heavy atom. The van der Waals surface area contributed by atoms with E-state index in [1.165, 1.54) is 11.3 Å². The van der Waals surface area contributed by atoms with Crippen molar-refractivity contribution < 1.29 is 4.79 Å². The molecule has 1 saturated heterocycles. The third-order valence-electron chi connectivity index (χ3n) is 3.55. The Kier molecular flexibility index (Phi) is 2.63. The molecule has 2 aliphatic rings. The summed E-state index contributed by atoms with van der Waals surface area (Å²) >= 11 is 0. The van der Waals surface area contributed by atoms with Crippen LogP contribution in [0.2, 0.25) is 0 Å². The second kappa shape index (κ2) is 4.28. The molecule has 1 aromatic rings. The average molecular weight is 231 g/mol. The van der Waals surface area contributed by atoms with Crippen molar-refractivity contribution in [3.05, 3.63) is 29.8 Å². The SMILES string of the molecule is O=C1NCCCN1C1CNc2ccccc2C1. The van der Waals surface area contributed by atoms with Gasteiger partial charge in [-0.25, -0.2) is 4.79 Å². The number of amides is 2. The molecule has 2 N–H and O–H groups in total. The van der Waals surface area contributed by atoms with Gasteiger partial charge < -0.3 is 15.5 Å². The Balaban J connectivity index is 1.77. The van der Waals surface area contributed by atoms with Crippen LogP contribution in [0, 0.1) is 0 Å². The van der Waals surface area contributed by atoms with E-state index in [1.54, 1.807) is 0 Å². The minimum Gasteiger partial charge on any atom is -0.383 e. The van der Waals surface area contributed by atoms with Crippen LogP contribution in [-0.4, -0.2) is 36.6 Å². The largest absolute Gasteiger partial charge is 0.383 e. The van der Waals surface area contributed by atoms with Crippen molar-refractivity contribution in [1.29, 1.82) is 0 Å². The van der Waals surface area contributed by atoms with Gasteiger partial charge in [0.1, 0.15) is 0 Å². The van der Waals surface area contributed by atoms with Crippen LogP contribution >= 0.6 is 0 Å². The average Bonchev–Trinajstić information content (AvgIpc) is 2.39. The number of anilines is 1. The van der Waals surface area contributed by atoms with Crippen LogP contribution < -0.4 is 10.6 Å². The van der Waals surface area contributed by atoms with Crippen LogP contribution in [0.1, 0.15) is 12.0 Å². The van der Waals surface area contributed by atoms with E-state index in [-0.39, 0.29) is 12.1 Å². The van der Waals surface area contributed by atoms with Gasteiger partial charge in [0.2, 0.25) is 0 Å². The number of hydrogen-bond acceptors (Lipinski definition) is 2. The van der Waals surface area contributed by atoms with Crippen LogP contribution in [0.15, 0.2) is 24.3 Å². The van der Waals surface area contributed by atoms with E-state index in [0.29, 0.717) is 0 Å². The first-order chi connectivity index (χ1) is 8.34. The van der Waals surface area contributed by atoms with E-state index in [9.17, 15) is 4.79 Å². The lowest BCUT2D eigenvalue weighted by molar-refractivity contribution is 0.162. The first-order valence-electron chi connectivity index (χ1n) is 6.21. The molecule has 0 saturated carbocycles. The van der Waals surface area contributed by atoms with Gasteiger partial charge in [-0.2, -0.15) is 0 Å². The topological polar surface area (TPSA) is 44.4 Å². The quantitative estimate of drug-likeness (QED) is 0.768. The summed E-state index contributed by atoms with van der Waals surface area (Å²) in [6.07, 6.45) is 2.00. The standard InChI is InChI=1S/C13H17N3O/c17-13-14-6-3-7-16(13)11-8-10-4-1-2-5-12(10)15-9-11/h1-2,4-5,11,15H,3,6-9H2,(H,14,17). The van der Waals surface area contributed by atoms with Crippen LogP contribution in [-0.2, 0) is 6.42 Å². The molecule has 1 atom stereocenters. The zero-order chi connectivity index (χ0) is 11.7. The third-order valence-corrected chi connectivity index (χ3v) is 3.55. The molecular formula is C13H17N3O. The molecule has 1 aromatic carbocycles. The molecule has 2 heterocycles. The summed E-state index contributed by atoms with van der Waals surface area (Å²) in [5, 5.41) is 6.32. The zero-order valence-electron chi connectivity index (χ0n) is 9.78. The van der Waals surface area contributed by atoms with Crippen molar-refractivity contribution >= 4 is 11.7 Å². The number of urea groups is 1. The Labute approximate surface area is 101 Å². The van der Waals surface area contributed by atoms with Gasteiger partial charge in [0.05, 0.1) is 6.04 Å². The van der Waals surface area contributed by atoms with Crippen molar-refractivity contribution in [1.82, 2.24) is 10.2 Å². The fraction of sp³-hybridized carbons (Fsp3) is 0.462. The fourth-order valence-electron chi connectivity index (χ4n) is 2.64. The summed E-state index contributed by atoms with van der Waals surface area (Å²) in [5.41, 5.74) is 2.52. The molecular weight excluding hydrogens is 214 g/mol. The smallest absolute Gasteiger partial charge is 0.317 e. The second-order valence-corrected chi connectivity index (χ2v) is 4.67. The van der Waals surface area contributed by atoms with Crippen LogP contribution in [0.4, 0.5) is 10.5 Å². The van der Waals surface area contributed by atoms with Crippen LogP contribution in [0.5, 0.6) is 0 Å². The van der Waals surface area contributed by atoms with Crippen molar-refractivity contribution in [3.63, 3.8) is 0 Å². The highest BCUT2D eigenvalue weighted by Crippen LogP contribution is 2.24. The van der Waals surface area contributed by atoms with E-state index >= 15 is 0 Å². The van der Waals surface area contributed by atoms with Gasteiger partial charge in [-0.1, -0.05) is 18.2 Å². The molecule has 0 bridgehead atoms. The first-order valence-corrected chi connectivity index (χ1v) is 6.21. The molecule has 0 aliphatic carbocycles. The molecule has 0 radical (unpaired) electrons. The Bertz CT molecular complexity index is 432. The molecule has 2 amide bonds. The van der Waals surface area contributed by atoms with Gasteiger partial charge in [0, 0.05) is 25.3 Å². The number of carbonyl (C=O) groups excluding carboxylic acids is 1. The van der Waals surface area contributed by atoms with Gasteiger partial charge >= 0.3 is 6.03 Å². The Morgan fingerprint density at radius 1 is 1.24 bits per heavy atom. The third kappa shape index (κ3) is 1.95. The minimum absolute atomic E-state index is 0.0856. The van der Waals surface area contributed by atoms with Gasteiger partial charge in [0.25, 0.3) is 0 Å². The van der Waals surface area contributed by atoms with E-state index in [2.05, 4.69) is 28.8 Å². The summed E-state index contributed by atoms with van der Waals surface area (Å²) in [6.45, 7) is 2.54. The number of benzene rings is 1. The molecule has 4 nitrogen and oxygen atoms in total. The highest BCUT2D eigenvalue weighted by atomic mass is 16.2. The van der Waals surface area contributed by atoms with E-state index in [4.69, 9.17) is 0 Å². The maximum Gasteiger partial charge on any atom is 0.317 e. The van der Waals surface area contributed by atoms with Crippen LogP contribution in [0.3, 0.4) is 0 Å². The second-order valence-electron chi connectivity index (χ2n) is 4.67. The van der Waals surface area contributed by atoms with Gasteiger partial charge in [-0.3, -0.25) is 0 Å². The van der Waals surface area contributed by atoms with Gasteiger partial charge in [0.15, 0.2) is 0 Å². The number of fused-ring (bicyclic) bond motifs is 1. The van der Waals surface area contributed by atoms with Gasteiger partial charge in [-0.15, -0.1) is 0 Å². The maximum atomic E-state index is 11.8. The summed E-state index contributed by atoms with van der Waals surface area (Å²) < 4.78 is 0. The van der Waals surface area contributed by atoms with E-state index in [1.807, 2.05) is 11.0 Å². The fourth-order valence-corrected chi connectivity index (χ4v) is 2.64. The maximum absolute atomic E-state index is 11.8. The van der Waals surface area contributed by atoms with Crippen molar-refractivity contribution in [2.45, 2.75) is 18.9 Å². The number of hydrogen-bond donors (Lipinski definition) is 2. The Morgan fingerprint density at radius 3 is 3.00 bits per heavy atom. The summed E-state index contributed by atoms with van der Waals surface area (Å²) in [4.78, 5) is 13.8. The number of para-hydroxylation sites is 1. The minimum atomic E-state index is 0.0856. The molecule has 4 heteroatoms. The van der Waals surface area contributed by atoms with Gasteiger partial charge in [-0.05, 0) is 24.5 Å². The predicted octanol–water partition coefficient (Wildman–Crippen LogP) is 1.44. The molecule has 1 fully saturated rings. The summed E-state index contributed by atoms with van der Waals surface area (Å²) in [6, 6.07) is 8.70. The highest BCUT2D eigenvalue weighted by Gasteiger charge is 2.28. The molecule has 90 valence electrons. The molecule has 2 aliphatic heterocycles. The van der Waals surface area contributed by atoms with E-state index in [0.717, 1.165) is 32.5 Å². The number of carbonyl (C=O) groups is 1. The predicted molar refractivity (Wildman–Crippen MR) is 67.1 cm³/mol. The lowest BCUT2D eigenvalue weighted by Crippen LogP contribution is -2.54. The lowest BCUT2D eigenvalue weighted by atomic mass is 9.98. The first kappa shape index (κ1) is 10.4. The highest BCUT2D eigenvalue weighted by molar-refractivity contribution is 5.75.